The molecule has 0 bridgehead atoms. The maximum absolute atomic E-state index is 13.2. The molecule has 3 aromatic rings. The molecule has 31 heavy (non-hydrogen) atoms. The van der Waals surface area contributed by atoms with Crippen LogP contribution in [0.5, 0.6) is 5.75 Å². The van der Waals surface area contributed by atoms with Gasteiger partial charge in [0, 0.05) is 49.3 Å². The van der Waals surface area contributed by atoms with Gasteiger partial charge in [-0.2, -0.15) is 4.31 Å². The number of ether oxygens (including phenoxy) is 1. The highest BCUT2D eigenvalue weighted by atomic mass is 32.2. The van der Waals surface area contributed by atoms with Crippen LogP contribution in [0.4, 0.5) is 0 Å². The number of fused-ring (bicyclic) bond motifs is 1. The second-order valence-corrected chi connectivity index (χ2v) is 9.82. The molecular weight excluding hydrogens is 414 g/mol. The molecule has 1 aliphatic rings. The van der Waals surface area contributed by atoms with E-state index in [1.165, 1.54) is 4.31 Å². The second-order valence-electron chi connectivity index (χ2n) is 7.88. The lowest BCUT2D eigenvalue weighted by Gasteiger charge is -2.31. The van der Waals surface area contributed by atoms with Gasteiger partial charge >= 0.3 is 0 Å². The predicted octanol–water partition coefficient (Wildman–Crippen LogP) is 2.90. The van der Waals surface area contributed by atoms with Crippen LogP contribution in [-0.2, 0) is 28.4 Å². The Bertz CT molecular complexity index is 1200. The summed E-state index contributed by atoms with van der Waals surface area (Å²) < 4.78 is 35.2. The molecule has 0 radical (unpaired) electrons. The van der Waals surface area contributed by atoms with Crippen molar-refractivity contribution in [3.05, 3.63) is 60.3 Å². The van der Waals surface area contributed by atoms with Gasteiger partial charge in [-0.1, -0.05) is 18.2 Å². The number of para-hydroxylation sites is 1. The van der Waals surface area contributed by atoms with Crippen molar-refractivity contribution in [2.24, 2.45) is 13.0 Å². The first-order valence-corrected chi connectivity index (χ1v) is 11.8. The lowest BCUT2D eigenvalue weighted by molar-refractivity contribution is -0.126. The number of sulfonamides is 1. The van der Waals surface area contributed by atoms with Gasteiger partial charge in [0.25, 0.3) is 0 Å². The van der Waals surface area contributed by atoms with Crippen molar-refractivity contribution in [1.29, 1.82) is 0 Å². The van der Waals surface area contributed by atoms with Gasteiger partial charge in [-0.15, -0.1) is 0 Å². The minimum atomic E-state index is -3.66. The van der Waals surface area contributed by atoms with Gasteiger partial charge < -0.3 is 14.6 Å². The first-order valence-electron chi connectivity index (χ1n) is 10.3. The molecule has 0 aliphatic carbocycles. The van der Waals surface area contributed by atoms with Crippen LogP contribution in [0.3, 0.4) is 0 Å². The summed E-state index contributed by atoms with van der Waals surface area (Å²) in [6.07, 6.45) is 3.23. The van der Waals surface area contributed by atoms with Crippen molar-refractivity contribution in [3.8, 4) is 5.75 Å². The number of nitrogens with one attached hydrogen (secondary N) is 1. The number of nitrogens with zero attached hydrogens (tertiary/aromatic N) is 2. The average Bonchev–Trinajstić information content (AvgIpc) is 3.17. The summed E-state index contributed by atoms with van der Waals surface area (Å²) in [6.45, 7) is 0.954. The van der Waals surface area contributed by atoms with Crippen LogP contribution in [0, 0.1) is 5.92 Å². The summed E-state index contributed by atoms with van der Waals surface area (Å²) in [6, 6.07) is 14.6. The zero-order valence-electron chi connectivity index (χ0n) is 17.7. The molecule has 1 aliphatic heterocycles. The van der Waals surface area contributed by atoms with Crippen LogP contribution in [0.15, 0.2) is 59.6 Å². The molecule has 8 heteroatoms. The third-order valence-electron chi connectivity index (χ3n) is 5.89. The molecule has 1 aromatic heterocycles. The highest BCUT2D eigenvalue weighted by molar-refractivity contribution is 7.89. The summed E-state index contributed by atoms with van der Waals surface area (Å²) in [4.78, 5) is 13.0. The maximum atomic E-state index is 13.2. The van der Waals surface area contributed by atoms with Crippen LogP contribution in [0.2, 0.25) is 0 Å². The Balaban J connectivity index is 1.46. The molecule has 1 saturated heterocycles. The number of carbonyl (C=O) groups excluding carboxylic acids is 1. The molecule has 1 fully saturated rings. The molecule has 1 N–H and O–H groups in total. The van der Waals surface area contributed by atoms with Crippen LogP contribution in [0.1, 0.15) is 18.4 Å². The second kappa shape index (κ2) is 8.72. The highest BCUT2D eigenvalue weighted by Crippen LogP contribution is 2.27. The van der Waals surface area contributed by atoms with Crippen molar-refractivity contribution in [2.75, 3.05) is 20.2 Å². The summed E-state index contributed by atoms with van der Waals surface area (Å²) in [5.74, 6) is 0.204. The Morgan fingerprint density at radius 2 is 2.00 bits per heavy atom. The SMILES string of the molecule is COc1ccccc1CNC(=O)C1CCCN(S(=O)(=O)c2ccc3c(ccn3C)c2)C1. The average molecular weight is 442 g/mol. The smallest absolute Gasteiger partial charge is 0.243 e. The molecule has 164 valence electrons. The summed E-state index contributed by atoms with van der Waals surface area (Å²) in [5.41, 5.74) is 1.86. The van der Waals surface area contributed by atoms with Gasteiger partial charge in [-0.25, -0.2) is 8.42 Å². The van der Waals surface area contributed by atoms with E-state index < -0.39 is 10.0 Å². The molecule has 1 amide bonds. The standard InChI is InChI=1S/C23H27N3O4S/c1-25-13-11-17-14-20(9-10-21(17)25)31(28,29)26-12-5-7-19(16-26)23(27)24-15-18-6-3-4-8-22(18)30-2/h3-4,6,8-11,13-14,19H,5,7,12,15-16H2,1-2H3,(H,24,27). The third kappa shape index (κ3) is 4.31. The van der Waals surface area contributed by atoms with Gasteiger partial charge in [0.2, 0.25) is 15.9 Å². The van der Waals surface area contributed by atoms with Gasteiger partial charge in [-0.3, -0.25) is 4.79 Å². The number of rotatable bonds is 6. The third-order valence-corrected chi connectivity index (χ3v) is 7.76. The van der Waals surface area contributed by atoms with E-state index in [1.54, 1.807) is 19.2 Å². The molecule has 0 saturated carbocycles. The van der Waals surface area contributed by atoms with Crippen LogP contribution in [0.25, 0.3) is 10.9 Å². The Morgan fingerprint density at radius 1 is 1.19 bits per heavy atom. The van der Waals surface area contributed by atoms with E-state index in [-0.39, 0.29) is 23.3 Å². The Morgan fingerprint density at radius 3 is 2.81 bits per heavy atom. The zero-order valence-corrected chi connectivity index (χ0v) is 18.6. The topological polar surface area (TPSA) is 80.6 Å². The zero-order chi connectivity index (χ0) is 22.0. The fourth-order valence-corrected chi connectivity index (χ4v) is 5.68. The fourth-order valence-electron chi connectivity index (χ4n) is 4.12. The van der Waals surface area contributed by atoms with E-state index in [4.69, 9.17) is 4.74 Å². The first kappa shape index (κ1) is 21.4. The minimum Gasteiger partial charge on any atom is -0.496 e. The van der Waals surface area contributed by atoms with Crippen molar-refractivity contribution in [1.82, 2.24) is 14.2 Å². The summed E-state index contributed by atoms with van der Waals surface area (Å²) in [5, 5.41) is 3.82. The molecule has 2 heterocycles. The van der Waals surface area contributed by atoms with Crippen molar-refractivity contribution in [2.45, 2.75) is 24.3 Å². The molecular formula is C23H27N3O4S. The fraction of sp³-hybridized carbons (Fsp3) is 0.348. The van der Waals surface area contributed by atoms with Crippen LogP contribution < -0.4 is 10.1 Å². The largest absolute Gasteiger partial charge is 0.496 e. The molecule has 7 nitrogen and oxygen atoms in total. The normalized spacial score (nSPS) is 17.5. The number of aryl methyl sites for hydroxylation is 1. The number of carbonyl (C=O) groups is 1. The molecule has 1 unspecified atom stereocenters. The monoisotopic (exact) mass is 441 g/mol. The van der Waals surface area contributed by atoms with Crippen molar-refractivity contribution >= 4 is 26.8 Å². The number of hydrogen-bond donors (Lipinski definition) is 1. The number of aromatic nitrogens is 1. The lowest BCUT2D eigenvalue weighted by Crippen LogP contribution is -2.45. The quantitative estimate of drug-likeness (QED) is 0.638. The Labute approximate surface area is 182 Å². The van der Waals surface area contributed by atoms with E-state index in [0.29, 0.717) is 31.7 Å². The minimum absolute atomic E-state index is 0.135. The first-order chi connectivity index (χ1) is 14.9. The van der Waals surface area contributed by atoms with E-state index in [0.717, 1.165) is 16.5 Å². The van der Waals surface area contributed by atoms with Gasteiger partial charge in [0.05, 0.1) is 17.9 Å². The molecule has 0 spiro atoms. The highest BCUT2D eigenvalue weighted by Gasteiger charge is 2.33. The molecule has 1 atom stereocenters. The Hall–Kier alpha value is -2.84. The van der Waals surface area contributed by atoms with E-state index in [1.807, 2.05) is 54.2 Å². The van der Waals surface area contributed by atoms with Gasteiger partial charge in [0.1, 0.15) is 5.75 Å². The Kier molecular flexibility index (Phi) is 6.02. The van der Waals surface area contributed by atoms with E-state index in [9.17, 15) is 13.2 Å². The molecule has 2 aromatic carbocycles. The maximum Gasteiger partial charge on any atom is 0.243 e. The summed E-state index contributed by atoms with van der Waals surface area (Å²) in [7, 11) is -0.144. The van der Waals surface area contributed by atoms with Crippen molar-refractivity contribution in [3.63, 3.8) is 0 Å². The lowest BCUT2D eigenvalue weighted by atomic mass is 9.98. The number of hydrogen-bond acceptors (Lipinski definition) is 4. The number of methoxy groups -OCH3 is 1. The van der Waals surface area contributed by atoms with Crippen LogP contribution in [-0.4, -0.2) is 43.4 Å². The summed E-state index contributed by atoms with van der Waals surface area (Å²) >= 11 is 0. The number of amides is 1. The van der Waals surface area contributed by atoms with Gasteiger partial charge in [0.15, 0.2) is 0 Å². The van der Waals surface area contributed by atoms with Crippen LogP contribution >= 0.6 is 0 Å². The van der Waals surface area contributed by atoms with E-state index >= 15 is 0 Å². The van der Waals surface area contributed by atoms with Gasteiger partial charge in [-0.05, 0) is 43.2 Å². The number of piperidine rings is 1. The molecule has 4 rings (SSSR count). The van der Waals surface area contributed by atoms with E-state index in [2.05, 4.69) is 5.32 Å². The van der Waals surface area contributed by atoms with Crippen molar-refractivity contribution < 1.29 is 17.9 Å². The number of benzene rings is 2. The predicted molar refractivity (Wildman–Crippen MR) is 119 cm³/mol.